The zero-order valence-electron chi connectivity index (χ0n) is 12.1. The van der Waals surface area contributed by atoms with Crippen molar-refractivity contribution in [3.05, 3.63) is 54.1 Å². The van der Waals surface area contributed by atoms with Gasteiger partial charge in [0.1, 0.15) is 17.2 Å². The molecule has 0 radical (unpaired) electrons. The molecule has 6 nitrogen and oxygen atoms in total. The lowest BCUT2D eigenvalue weighted by molar-refractivity contribution is 0.0734. The Morgan fingerprint density at radius 2 is 1.23 bits per heavy atom. The number of carbonyl (C=O) groups excluding carboxylic acids is 2. The molecule has 0 aliphatic heterocycles. The molecule has 0 spiro atoms. The van der Waals surface area contributed by atoms with E-state index in [-0.39, 0.29) is 5.75 Å². The highest BCUT2D eigenvalue weighted by Gasteiger charge is 2.10. The van der Waals surface area contributed by atoms with Crippen molar-refractivity contribution in [1.82, 2.24) is 0 Å². The molecule has 0 aliphatic rings. The lowest BCUT2D eigenvalue weighted by Gasteiger charge is -2.06. The third-order valence-corrected chi connectivity index (χ3v) is 2.73. The monoisotopic (exact) mass is 302 g/mol. The number of ether oxygens (including phenoxy) is 4. The van der Waals surface area contributed by atoms with E-state index >= 15 is 0 Å². The number of hydrogen-bond donors (Lipinski definition) is 0. The van der Waals surface area contributed by atoms with Crippen LogP contribution in [0.2, 0.25) is 0 Å². The Kier molecular flexibility index (Phi) is 4.98. The molecule has 0 atom stereocenters. The van der Waals surface area contributed by atoms with E-state index in [0.717, 1.165) is 0 Å². The van der Waals surface area contributed by atoms with E-state index in [1.54, 1.807) is 31.4 Å². The first kappa shape index (κ1) is 15.4. The van der Waals surface area contributed by atoms with Gasteiger partial charge in [-0.1, -0.05) is 0 Å². The van der Waals surface area contributed by atoms with Gasteiger partial charge in [0, 0.05) is 0 Å². The molecule has 2 aromatic carbocycles. The van der Waals surface area contributed by atoms with Gasteiger partial charge in [0.25, 0.3) is 0 Å². The molecule has 0 bridgehead atoms. The lowest BCUT2D eigenvalue weighted by atomic mass is 10.2. The van der Waals surface area contributed by atoms with E-state index in [2.05, 4.69) is 4.74 Å². The number of esters is 1. The second kappa shape index (κ2) is 7.12. The molecule has 0 saturated heterocycles. The highest BCUT2D eigenvalue weighted by molar-refractivity contribution is 5.91. The molecule has 0 aliphatic carbocycles. The maximum atomic E-state index is 12.0. The number of methoxy groups -OCH3 is 2. The fourth-order valence-electron chi connectivity index (χ4n) is 1.61. The van der Waals surface area contributed by atoms with Crippen molar-refractivity contribution >= 4 is 12.1 Å². The van der Waals surface area contributed by atoms with Gasteiger partial charge >= 0.3 is 12.1 Å². The fourth-order valence-corrected chi connectivity index (χ4v) is 1.61. The second-order valence-corrected chi connectivity index (χ2v) is 4.15. The van der Waals surface area contributed by atoms with Gasteiger partial charge in [0.15, 0.2) is 0 Å². The van der Waals surface area contributed by atoms with Gasteiger partial charge in [-0.2, -0.15) is 0 Å². The van der Waals surface area contributed by atoms with Gasteiger partial charge in [-0.3, -0.25) is 0 Å². The van der Waals surface area contributed by atoms with Gasteiger partial charge in [0.05, 0.1) is 19.8 Å². The Hall–Kier alpha value is -3.02. The summed E-state index contributed by atoms with van der Waals surface area (Å²) < 4.78 is 19.4. The summed E-state index contributed by atoms with van der Waals surface area (Å²) in [6.07, 6.45) is -0.825. The molecule has 2 rings (SSSR count). The second-order valence-electron chi connectivity index (χ2n) is 4.15. The molecule has 0 amide bonds. The van der Waals surface area contributed by atoms with Crippen molar-refractivity contribution in [2.75, 3.05) is 14.2 Å². The van der Waals surface area contributed by atoms with Crippen molar-refractivity contribution in [2.24, 2.45) is 0 Å². The van der Waals surface area contributed by atoms with Crippen molar-refractivity contribution in [3.8, 4) is 17.2 Å². The average Bonchev–Trinajstić information content (AvgIpc) is 2.56. The number of rotatable bonds is 4. The van der Waals surface area contributed by atoms with Crippen molar-refractivity contribution < 1.29 is 28.5 Å². The number of carbonyl (C=O) groups is 2. The Balaban J connectivity index is 2.01. The summed E-state index contributed by atoms with van der Waals surface area (Å²) in [5.41, 5.74) is 0.327. The molecule has 0 aromatic heterocycles. The molecule has 0 heterocycles. The first-order valence-electron chi connectivity index (χ1n) is 6.34. The van der Waals surface area contributed by atoms with E-state index in [9.17, 15) is 9.59 Å². The molecular formula is C16H14O6. The maximum absolute atomic E-state index is 12.0. The molecule has 0 N–H and O–H groups in total. The summed E-state index contributed by atoms with van der Waals surface area (Å²) in [6.45, 7) is 0. The highest BCUT2D eigenvalue weighted by atomic mass is 16.7. The summed E-state index contributed by atoms with van der Waals surface area (Å²) >= 11 is 0. The predicted molar refractivity (Wildman–Crippen MR) is 77.4 cm³/mol. The van der Waals surface area contributed by atoms with Crippen LogP contribution in [0.25, 0.3) is 0 Å². The molecule has 0 fully saturated rings. The van der Waals surface area contributed by atoms with Crippen molar-refractivity contribution in [2.45, 2.75) is 0 Å². The Morgan fingerprint density at radius 1 is 0.727 bits per heavy atom. The van der Waals surface area contributed by atoms with Crippen LogP contribution >= 0.6 is 0 Å². The lowest BCUT2D eigenvalue weighted by Crippen LogP contribution is -2.09. The van der Waals surface area contributed by atoms with Crippen molar-refractivity contribution in [3.63, 3.8) is 0 Å². The maximum Gasteiger partial charge on any atom is 0.513 e. The normalized spacial score (nSPS) is 9.73. The third-order valence-electron chi connectivity index (χ3n) is 2.73. The van der Waals surface area contributed by atoms with Crippen LogP contribution in [0, 0.1) is 0 Å². The molecule has 0 unspecified atom stereocenters. The van der Waals surface area contributed by atoms with Gasteiger partial charge in [-0.15, -0.1) is 0 Å². The van der Waals surface area contributed by atoms with Crippen LogP contribution in [0.1, 0.15) is 10.4 Å². The zero-order chi connectivity index (χ0) is 15.9. The minimum Gasteiger partial charge on any atom is -0.497 e. The van der Waals surface area contributed by atoms with Gasteiger partial charge < -0.3 is 18.9 Å². The summed E-state index contributed by atoms with van der Waals surface area (Å²) in [7, 11) is 2.77. The third kappa shape index (κ3) is 3.99. The number of hydrogen-bond acceptors (Lipinski definition) is 6. The minimum absolute atomic E-state index is 0.271. The van der Waals surface area contributed by atoms with Crippen molar-refractivity contribution in [1.29, 1.82) is 0 Å². The molecule has 22 heavy (non-hydrogen) atoms. The topological polar surface area (TPSA) is 71.1 Å². The smallest absolute Gasteiger partial charge is 0.497 e. The van der Waals surface area contributed by atoms with E-state index in [0.29, 0.717) is 17.1 Å². The van der Waals surface area contributed by atoms with Gasteiger partial charge in [0.2, 0.25) is 0 Å². The van der Waals surface area contributed by atoms with Crippen LogP contribution in [0.4, 0.5) is 4.79 Å². The minimum atomic E-state index is -0.825. The summed E-state index contributed by atoms with van der Waals surface area (Å²) in [4.78, 5) is 22.9. The molecule has 114 valence electrons. The van der Waals surface area contributed by atoms with Crippen LogP contribution in [-0.4, -0.2) is 26.3 Å². The van der Waals surface area contributed by atoms with E-state index in [4.69, 9.17) is 14.2 Å². The summed E-state index contributed by atoms with van der Waals surface area (Å²) in [5, 5.41) is 0. The highest BCUT2D eigenvalue weighted by Crippen LogP contribution is 2.19. The SMILES string of the molecule is COC(=O)Oc1ccc(C(=O)Oc2ccc(OC)cc2)cc1. The van der Waals surface area contributed by atoms with Crippen LogP contribution < -0.4 is 14.2 Å². The predicted octanol–water partition coefficient (Wildman–Crippen LogP) is 3.06. The Bertz CT molecular complexity index is 645. The average molecular weight is 302 g/mol. The van der Waals surface area contributed by atoms with E-state index in [1.165, 1.54) is 31.4 Å². The standard InChI is InChI=1S/C16H14O6/c1-19-12-7-9-13(10-8-12)21-15(17)11-3-5-14(6-4-11)22-16(18)20-2/h3-10H,1-2H3. The molecular weight excluding hydrogens is 288 g/mol. The number of benzene rings is 2. The fraction of sp³-hybridized carbons (Fsp3) is 0.125. The first-order valence-corrected chi connectivity index (χ1v) is 6.34. The van der Waals surface area contributed by atoms with Crippen LogP contribution in [0.3, 0.4) is 0 Å². The van der Waals surface area contributed by atoms with Crippen LogP contribution in [0.15, 0.2) is 48.5 Å². The first-order chi connectivity index (χ1) is 10.6. The Morgan fingerprint density at radius 3 is 1.77 bits per heavy atom. The van der Waals surface area contributed by atoms with Crippen LogP contribution in [0.5, 0.6) is 17.2 Å². The van der Waals surface area contributed by atoms with E-state index < -0.39 is 12.1 Å². The van der Waals surface area contributed by atoms with Gasteiger partial charge in [-0.05, 0) is 48.5 Å². The van der Waals surface area contributed by atoms with Crippen LogP contribution in [-0.2, 0) is 4.74 Å². The molecule has 6 heteroatoms. The zero-order valence-corrected chi connectivity index (χ0v) is 12.1. The molecule has 2 aromatic rings. The van der Waals surface area contributed by atoms with E-state index in [1.807, 2.05) is 0 Å². The quantitative estimate of drug-likeness (QED) is 0.491. The summed E-state index contributed by atoms with van der Waals surface area (Å²) in [6, 6.07) is 12.6. The molecule has 0 saturated carbocycles. The largest absolute Gasteiger partial charge is 0.513 e. The van der Waals surface area contributed by atoms with Gasteiger partial charge in [-0.25, -0.2) is 9.59 Å². The Labute approximate surface area is 127 Å². The summed E-state index contributed by atoms with van der Waals surface area (Å²) in [5.74, 6) is 0.826.